The van der Waals surface area contributed by atoms with Crippen molar-refractivity contribution in [3.8, 4) is 39.1 Å². The molecule has 0 spiro atoms. The first-order valence-electron chi connectivity index (χ1n) is 20.0. The largest absolute Gasteiger partial charge is 0.317 e. The van der Waals surface area contributed by atoms with E-state index in [-0.39, 0.29) is 5.92 Å². The molecule has 58 heavy (non-hydrogen) atoms. The van der Waals surface area contributed by atoms with E-state index in [2.05, 4.69) is 247 Å². The normalized spacial score (nSPS) is 11.8. The maximum absolute atomic E-state index is 4.11. The quantitative estimate of drug-likeness (QED) is 0.113. The monoisotopic (exact) mass is 744 g/mol. The van der Waals surface area contributed by atoms with Crippen LogP contribution in [0.15, 0.2) is 237 Å². The highest BCUT2D eigenvalue weighted by Crippen LogP contribution is 2.43. The second-order valence-corrected chi connectivity index (χ2v) is 14.6. The molecule has 278 valence electrons. The van der Waals surface area contributed by atoms with Gasteiger partial charge in [-0.1, -0.05) is 170 Å². The Hall–Kier alpha value is -7.42. The zero-order valence-corrected chi connectivity index (χ0v) is 32.4. The molecule has 1 atom stereocenters. The Balaban J connectivity index is 1.12. The van der Waals surface area contributed by atoms with Crippen molar-refractivity contribution in [2.75, 3.05) is 4.90 Å². The van der Waals surface area contributed by atoms with Gasteiger partial charge in [-0.15, -0.1) is 6.58 Å². The summed E-state index contributed by atoms with van der Waals surface area (Å²) in [6, 6.07) is 76.1. The molecule has 2 nitrogen and oxygen atoms in total. The predicted molar refractivity (Wildman–Crippen MR) is 247 cm³/mol. The summed E-state index contributed by atoms with van der Waals surface area (Å²) >= 11 is 0. The fraction of sp³-hybridized carbons (Fsp3) is 0.0357. The number of para-hydroxylation sites is 1. The first-order valence-corrected chi connectivity index (χ1v) is 20.0. The Labute approximate surface area is 342 Å². The van der Waals surface area contributed by atoms with Crippen LogP contribution in [-0.4, -0.2) is 4.57 Å². The number of hydrogen-bond donors (Lipinski definition) is 0. The minimum Gasteiger partial charge on any atom is -0.317 e. The maximum Gasteiger partial charge on any atom is 0.0534 e. The van der Waals surface area contributed by atoms with Crippen molar-refractivity contribution in [1.82, 2.24) is 4.57 Å². The van der Waals surface area contributed by atoms with E-state index in [0.717, 1.165) is 34.7 Å². The molecular weight excluding hydrogens is 701 g/mol. The molecule has 9 rings (SSSR count). The lowest BCUT2D eigenvalue weighted by atomic mass is 9.92. The van der Waals surface area contributed by atoms with E-state index in [0.29, 0.717) is 0 Å². The van der Waals surface area contributed by atoms with E-state index in [4.69, 9.17) is 0 Å². The van der Waals surface area contributed by atoms with Crippen molar-refractivity contribution >= 4 is 34.0 Å². The van der Waals surface area contributed by atoms with Gasteiger partial charge in [0, 0.05) is 40.3 Å². The number of allylic oxidation sites excluding steroid dienone is 2. The van der Waals surface area contributed by atoms with Gasteiger partial charge in [0.2, 0.25) is 0 Å². The summed E-state index contributed by atoms with van der Waals surface area (Å²) in [5.41, 5.74) is 15.2. The molecule has 8 aromatic carbocycles. The molecule has 2 heteroatoms. The van der Waals surface area contributed by atoms with Gasteiger partial charge < -0.3 is 9.47 Å². The first-order chi connectivity index (χ1) is 28.7. The molecule has 0 aliphatic rings. The smallest absolute Gasteiger partial charge is 0.0534 e. The molecule has 0 saturated heterocycles. The second-order valence-electron chi connectivity index (χ2n) is 14.6. The second kappa shape index (κ2) is 16.8. The number of rotatable bonds is 12. The third kappa shape index (κ3) is 7.56. The van der Waals surface area contributed by atoms with Gasteiger partial charge >= 0.3 is 0 Å². The lowest BCUT2D eigenvalue weighted by Crippen LogP contribution is -2.10. The van der Waals surface area contributed by atoms with Gasteiger partial charge in [-0.3, -0.25) is 0 Å². The Bertz CT molecular complexity index is 2780. The van der Waals surface area contributed by atoms with Gasteiger partial charge in [0.1, 0.15) is 0 Å². The SMILES string of the molecule is C=CC(C/C=C/c1ccc(N(c2ccc(-c3ccccc3)cc2)c2ccc(-c3cccc4c3ccn4-c3ccccc3)c(-c3ccccc3)c2)cc1)c1ccccc1. The Morgan fingerprint density at radius 1 is 0.483 bits per heavy atom. The number of anilines is 3. The molecule has 0 saturated carbocycles. The van der Waals surface area contributed by atoms with Crippen molar-refractivity contribution in [2.24, 2.45) is 0 Å². The van der Waals surface area contributed by atoms with Crippen LogP contribution < -0.4 is 4.90 Å². The van der Waals surface area contributed by atoms with Gasteiger partial charge in [-0.2, -0.15) is 0 Å². The highest BCUT2D eigenvalue weighted by atomic mass is 15.1. The molecule has 1 aromatic heterocycles. The summed E-state index contributed by atoms with van der Waals surface area (Å²) in [6.07, 6.45) is 9.60. The highest BCUT2D eigenvalue weighted by molar-refractivity contribution is 6.01. The van der Waals surface area contributed by atoms with Crippen LogP contribution in [0.5, 0.6) is 0 Å². The number of hydrogen-bond acceptors (Lipinski definition) is 1. The number of fused-ring (bicyclic) bond motifs is 1. The van der Waals surface area contributed by atoms with E-state index < -0.39 is 0 Å². The lowest BCUT2D eigenvalue weighted by Gasteiger charge is -2.27. The summed E-state index contributed by atoms with van der Waals surface area (Å²) in [7, 11) is 0. The van der Waals surface area contributed by atoms with Gasteiger partial charge in [-0.05, 0) is 112 Å². The summed E-state index contributed by atoms with van der Waals surface area (Å²) in [4.78, 5) is 2.37. The molecule has 1 unspecified atom stereocenters. The summed E-state index contributed by atoms with van der Waals surface area (Å²) in [6.45, 7) is 4.11. The minimum atomic E-state index is 0.281. The zero-order chi connectivity index (χ0) is 39.1. The van der Waals surface area contributed by atoms with Crippen LogP contribution in [0.3, 0.4) is 0 Å². The molecule has 0 aliphatic heterocycles. The number of aromatic nitrogens is 1. The number of benzene rings is 8. The third-order valence-corrected chi connectivity index (χ3v) is 11.0. The zero-order valence-electron chi connectivity index (χ0n) is 32.4. The summed E-state index contributed by atoms with van der Waals surface area (Å²) < 4.78 is 2.27. The van der Waals surface area contributed by atoms with E-state index in [1.165, 1.54) is 49.8 Å². The molecule has 0 bridgehead atoms. The fourth-order valence-corrected chi connectivity index (χ4v) is 8.01. The minimum absolute atomic E-state index is 0.281. The van der Waals surface area contributed by atoms with Gasteiger partial charge in [0.15, 0.2) is 0 Å². The third-order valence-electron chi connectivity index (χ3n) is 11.0. The van der Waals surface area contributed by atoms with Crippen molar-refractivity contribution in [1.29, 1.82) is 0 Å². The summed E-state index contributed by atoms with van der Waals surface area (Å²) in [5.74, 6) is 0.281. The van der Waals surface area contributed by atoms with Crippen LogP contribution >= 0.6 is 0 Å². The van der Waals surface area contributed by atoms with Gasteiger partial charge in [0.25, 0.3) is 0 Å². The van der Waals surface area contributed by atoms with Crippen molar-refractivity contribution < 1.29 is 0 Å². The molecule has 1 heterocycles. The Morgan fingerprint density at radius 2 is 1.07 bits per heavy atom. The molecule has 0 N–H and O–H groups in total. The molecule has 0 aliphatic carbocycles. The van der Waals surface area contributed by atoms with Crippen LogP contribution in [0.1, 0.15) is 23.5 Å². The van der Waals surface area contributed by atoms with E-state index in [9.17, 15) is 0 Å². The van der Waals surface area contributed by atoms with Crippen LogP contribution in [0.25, 0.3) is 56.0 Å². The molecule has 9 aromatic rings. The topological polar surface area (TPSA) is 8.17 Å². The van der Waals surface area contributed by atoms with Crippen LogP contribution in [0.4, 0.5) is 17.1 Å². The van der Waals surface area contributed by atoms with Crippen LogP contribution in [-0.2, 0) is 0 Å². The number of nitrogens with zero attached hydrogens (tertiary/aromatic N) is 2. The van der Waals surface area contributed by atoms with Gasteiger partial charge in [0.05, 0.1) is 5.52 Å². The van der Waals surface area contributed by atoms with Crippen LogP contribution in [0.2, 0.25) is 0 Å². The van der Waals surface area contributed by atoms with Crippen molar-refractivity contribution in [3.05, 3.63) is 248 Å². The maximum atomic E-state index is 4.11. The highest BCUT2D eigenvalue weighted by Gasteiger charge is 2.18. The molecular formula is C56H44N2. The van der Waals surface area contributed by atoms with Crippen molar-refractivity contribution in [3.63, 3.8) is 0 Å². The molecule has 0 fully saturated rings. The van der Waals surface area contributed by atoms with E-state index >= 15 is 0 Å². The average molecular weight is 745 g/mol. The first kappa shape index (κ1) is 36.2. The van der Waals surface area contributed by atoms with Gasteiger partial charge in [-0.25, -0.2) is 0 Å². The fourth-order valence-electron chi connectivity index (χ4n) is 8.01. The van der Waals surface area contributed by atoms with E-state index in [1.54, 1.807) is 0 Å². The Kier molecular flexibility index (Phi) is 10.5. The van der Waals surface area contributed by atoms with Crippen molar-refractivity contribution in [2.45, 2.75) is 12.3 Å². The Morgan fingerprint density at radius 3 is 1.74 bits per heavy atom. The average Bonchev–Trinajstić information content (AvgIpc) is 3.75. The standard InChI is InChI=1S/C56H44N2/c1-2-43(44-18-7-3-8-19-44)24-15-17-42-29-33-49(34-30-42)58(50-35-31-46(32-36-50)45-20-9-4-10-21-45)51-37-38-53(55(41-51)47-22-11-5-12-23-47)52-27-16-28-56-54(52)39-40-57(56)48-25-13-6-14-26-48/h2-23,25-41,43H,1,24H2/b17-15+. The summed E-state index contributed by atoms with van der Waals surface area (Å²) in [5, 5.41) is 1.22. The predicted octanol–water partition coefficient (Wildman–Crippen LogP) is 15.5. The molecule has 0 amide bonds. The lowest BCUT2D eigenvalue weighted by molar-refractivity contribution is 0.868. The molecule has 0 radical (unpaired) electrons. The van der Waals surface area contributed by atoms with Crippen LogP contribution in [0, 0.1) is 0 Å². The van der Waals surface area contributed by atoms with E-state index in [1.807, 2.05) is 6.08 Å².